The number of rotatable bonds is 8. The summed E-state index contributed by atoms with van der Waals surface area (Å²) in [5.41, 5.74) is 3.50. The van der Waals surface area contributed by atoms with Crippen LogP contribution >= 0.6 is 0 Å². The van der Waals surface area contributed by atoms with Gasteiger partial charge in [-0.25, -0.2) is 4.99 Å². The van der Waals surface area contributed by atoms with Crippen LogP contribution in [0.5, 0.6) is 5.75 Å². The van der Waals surface area contributed by atoms with Crippen LogP contribution in [0.2, 0.25) is 0 Å². The van der Waals surface area contributed by atoms with E-state index in [9.17, 15) is 4.79 Å². The monoisotopic (exact) mass is 408 g/mol. The molecule has 0 atom stereocenters. The summed E-state index contributed by atoms with van der Waals surface area (Å²) in [4.78, 5) is 20.8. The second-order valence-corrected chi connectivity index (χ2v) is 7.61. The van der Waals surface area contributed by atoms with E-state index in [0.29, 0.717) is 19.5 Å². The fourth-order valence-corrected chi connectivity index (χ4v) is 3.63. The maximum Gasteiger partial charge on any atom is 0.222 e. The van der Waals surface area contributed by atoms with Crippen molar-refractivity contribution in [2.75, 3.05) is 27.2 Å². The number of guanidine groups is 1. The molecule has 1 aliphatic heterocycles. The molecule has 0 bridgehead atoms. The number of methoxy groups -OCH3 is 1. The Balaban J connectivity index is 1.64. The summed E-state index contributed by atoms with van der Waals surface area (Å²) in [5, 5.41) is 3.37. The van der Waals surface area contributed by atoms with Gasteiger partial charge in [0.1, 0.15) is 5.75 Å². The first kappa shape index (κ1) is 21.7. The highest BCUT2D eigenvalue weighted by Gasteiger charge is 2.19. The molecule has 1 fully saturated rings. The Bertz CT molecular complexity index is 864. The van der Waals surface area contributed by atoms with Gasteiger partial charge in [0, 0.05) is 39.6 Å². The van der Waals surface area contributed by atoms with E-state index < -0.39 is 0 Å². The number of ether oxygens (including phenoxy) is 1. The van der Waals surface area contributed by atoms with Crippen molar-refractivity contribution in [1.29, 1.82) is 0 Å². The van der Waals surface area contributed by atoms with E-state index in [2.05, 4.69) is 53.5 Å². The van der Waals surface area contributed by atoms with E-state index in [1.807, 2.05) is 24.1 Å². The summed E-state index contributed by atoms with van der Waals surface area (Å²) in [6.07, 6.45) is 1.64. The molecule has 0 saturated carbocycles. The summed E-state index contributed by atoms with van der Waals surface area (Å²) in [6.45, 7) is 5.78. The molecule has 0 aromatic heterocycles. The first-order chi connectivity index (χ1) is 14.6. The van der Waals surface area contributed by atoms with Crippen LogP contribution in [0.3, 0.4) is 0 Å². The molecule has 0 radical (unpaired) electrons. The van der Waals surface area contributed by atoms with Gasteiger partial charge in [-0.05, 0) is 42.2 Å². The minimum Gasteiger partial charge on any atom is -0.497 e. The van der Waals surface area contributed by atoms with Crippen LogP contribution < -0.4 is 10.1 Å². The quantitative estimate of drug-likeness (QED) is 0.537. The van der Waals surface area contributed by atoms with Crippen molar-refractivity contribution >= 4 is 11.9 Å². The number of likely N-dealkylation sites (tertiary alicyclic amines) is 1. The Morgan fingerprint density at radius 2 is 1.93 bits per heavy atom. The lowest BCUT2D eigenvalue weighted by atomic mass is 10.1. The Morgan fingerprint density at radius 1 is 1.17 bits per heavy atom. The average molecular weight is 409 g/mol. The zero-order chi connectivity index (χ0) is 21.3. The van der Waals surface area contributed by atoms with Gasteiger partial charge in [0.25, 0.3) is 0 Å². The normalized spacial score (nSPS) is 14.2. The van der Waals surface area contributed by atoms with Gasteiger partial charge in [-0.2, -0.15) is 0 Å². The predicted octanol–water partition coefficient (Wildman–Crippen LogP) is 3.42. The molecular formula is C24H32N4O2. The third kappa shape index (κ3) is 5.99. The van der Waals surface area contributed by atoms with Crippen molar-refractivity contribution in [2.24, 2.45) is 4.99 Å². The number of carbonyl (C=O) groups is 1. The molecule has 1 amide bonds. The maximum atomic E-state index is 11.9. The van der Waals surface area contributed by atoms with Crippen molar-refractivity contribution in [3.8, 4) is 5.75 Å². The van der Waals surface area contributed by atoms with Crippen LogP contribution in [0.25, 0.3) is 0 Å². The van der Waals surface area contributed by atoms with Gasteiger partial charge in [-0.3, -0.25) is 4.79 Å². The summed E-state index contributed by atoms with van der Waals surface area (Å²) in [5.74, 6) is 1.99. The van der Waals surface area contributed by atoms with Gasteiger partial charge in [-0.15, -0.1) is 0 Å². The molecule has 3 rings (SSSR count). The Hall–Kier alpha value is -3.02. The van der Waals surface area contributed by atoms with E-state index in [1.165, 1.54) is 5.56 Å². The van der Waals surface area contributed by atoms with Gasteiger partial charge in [0.15, 0.2) is 5.96 Å². The molecule has 6 nitrogen and oxygen atoms in total. The average Bonchev–Trinajstić information content (AvgIpc) is 3.16. The largest absolute Gasteiger partial charge is 0.497 e. The molecule has 0 aliphatic carbocycles. The number of hydrogen-bond donors (Lipinski definition) is 1. The van der Waals surface area contributed by atoms with E-state index in [0.717, 1.165) is 48.9 Å². The fraction of sp³-hybridized carbons (Fsp3) is 0.417. The number of nitrogens with zero attached hydrogens (tertiary/aromatic N) is 3. The minimum absolute atomic E-state index is 0.257. The first-order valence-corrected chi connectivity index (χ1v) is 10.6. The smallest absolute Gasteiger partial charge is 0.222 e. The van der Waals surface area contributed by atoms with Gasteiger partial charge in [0.05, 0.1) is 13.7 Å². The van der Waals surface area contributed by atoms with Gasteiger partial charge in [0.2, 0.25) is 5.91 Å². The first-order valence-electron chi connectivity index (χ1n) is 10.6. The second-order valence-electron chi connectivity index (χ2n) is 7.61. The molecule has 1 saturated heterocycles. The molecule has 6 heteroatoms. The molecule has 160 valence electrons. The van der Waals surface area contributed by atoms with Crippen LogP contribution in [0.1, 0.15) is 36.5 Å². The third-order valence-corrected chi connectivity index (χ3v) is 5.22. The lowest BCUT2D eigenvalue weighted by Crippen LogP contribution is -2.38. The molecule has 2 aromatic carbocycles. The number of benzene rings is 2. The summed E-state index contributed by atoms with van der Waals surface area (Å²) in [7, 11) is 3.72. The molecule has 1 N–H and O–H groups in total. The highest BCUT2D eigenvalue weighted by molar-refractivity contribution is 5.79. The third-order valence-electron chi connectivity index (χ3n) is 5.22. The van der Waals surface area contributed by atoms with Crippen LogP contribution in [0.4, 0.5) is 0 Å². The number of aliphatic imine (C=N–C) groups is 1. The number of carbonyl (C=O) groups excluding carboxylic acids is 1. The van der Waals surface area contributed by atoms with Crippen molar-refractivity contribution in [2.45, 2.75) is 39.4 Å². The highest BCUT2D eigenvalue weighted by Crippen LogP contribution is 2.16. The zero-order valence-corrected chi connectivity index (χ0v) is 18.2. The van der Waals surface area contributed by atoms with E-state index in [1.54, 1.807) is 7.11 Å². The molecule has 2 aromatic rings. The molecule has 0 spiro atoms. The van der Waals surface area contributed by atoms with Gasteiger partial charge >= 0.3 is 0 Å². The van der Waals surface area contributed by atoms with Gasteiger partial charge in [-0.1, -0.05) is 36.4 Å². The van der Waals surface area contributed by atoms with E-state index >= 15 is 0 Å². The SMILES string of the molecule is CCNC(=NCc1cccc(CN2CCCC2=O)c1)N(C)Cc1ccc(OC)cc1. The van der Waals surface area contributed by atoms with Crippen molar-refractivity contribution in [3.05, 3.63) is 65.2 Å². The van der Waals surface area contributed by atoms with Crippen molar-refractivity contribution in [3.63, 3.8) is 0 Å². The lowest BCUT2D eigenvalue weighted by Gasteiger charge is -2.22. The number of hydrogen-bond acceptors (Lipinski definition) is 3. The van der Waals surface area contributed by atoms with Gasteiger partial charge < -0.3 is 19.9 Å². The van der Waals surface area contributed by atoms with Crippen LogP contribution in [-0.4, -0.2) is 48.9 Å². The molecule has 1 aliphatic rings. The second kappa shape index (κ2) is 10.7. The molecule has 30 heavy (non-hydrogen) atoms. The zero-order valence-electron chi connectivity index (χ0n) is 18.2. The van der Waals surface area contributed by atoms with Crippen LogP contribution in [0, 0.1) is 0 Å². The topological polar surface area (TPSA) is 57.2 Å². The number of nitrogens with one attached hydrogen (secondary N) is 1. The number of amides is 1. The maximum absolute atomic E-state index is 11.9. The Labute approximate surface area is 179 Å². The highest BCUT2D eigenvalue weighted by atomic mass is 16.5. The predicted molar refractivity (Wildman–Crippen MR) is 120 cm³/mol. The summed E-state index contributed by atoms with van der Waals surface area (Å²) < 4.78 is 5.23. The standard InChI is InChI=1S/C24H32N4O2/c1-4-25-24(27(2)17-19-10-12-22(30-3)13-11-19)26-16-20-7-5-8-21(15-20)18-28-14-6-9-23(28)29/h5,7-8,10-13,15H,4,6,9,14,16-18H2,1-3H3,(H,25,26). The lowest BCUT2D eigenvalue weighted by molar-refractivity contribution is -0.128. The summed E-state index contributed by atoms with van der Waals surface area (Å²) >= 11 is 0. The molecular weight excluding hydrogens is 376 g/mol. The Kier molecular flexibility index (Phi) is 7.71. The Morgan fingerprint density at radius 3 is 2.60 bits per heavy atom. The summed E-state index contributed by atoms with van der Waals surface area (Å²) in [6, 6.07) is 16.5. The fourth-order valence-electron chi connectivity index (χ4n) is 3.63. The van der Waals surface area contributed by atoms with Crippen LogP contribution in [0.15, 0.2) is 53.5 Å². The minimum atomic E-state index is 0.257. The van der Waals surface area contributed by atoms with Crippen LogP contribution in [-0.2, 0) is 24.4 Å². The van der Waals surface area contributed by atoms with Crippen molar-refractivity contribution < 1.29 is 9.53 Å². The van der Waals surface area contributed by atoms with Crippen molar-refractivity contribution in [1.82, 2.24) is 15.1 Å². The molecule has 1 heterocycles. The van der Waals surface area contributed by atoms with E-state index in [-0.39, 0.29) is 5.91 Å². The molecule has 0 unspecified atom stereocenters. The van der Waals surface area contributed by atoms with E-state index in [4.69, 9.17) is 9.73 Å².